The molecule has 108 valence electrons. The second-order valence-corrected chi connectivity index (χ2v) is 4.60. The minimum atomic E-state index is -0.438. The molecule has 0 saturated heterocycles. The maximum Gasteiger partial charge on any atom is 0.269 e. The second kappa shape index (κ2) is 6.01. The van der Waals surface area contributed by atoms with E-state index in [2.05, 4.69) is 15.5 Å². The lowest BCUT2D eigenvalue weighted by Crippen LogP contribution is -1.94. The van der Waals surface area contributed by atoms with Crippen LogP contribution in [0.15, 0.2) is 65.8 Å². The Kier molecular flexibility index (Phi) is 3.74. The van der Waals surface area contributed by atoms with E-state index in [1.807, 2.05) is 36.4 Å². The summed E-state index contributed by atoms with van der Waals surface area (Å²) < 4.78 is 0. The van der Waals surface area contributed by atoms with Crippen molar-refractivity contribution in [2.45, 2.75) is 0 Å². The van der Waals surface area contributed by atoms with Gasteiger partial charge in [-0.1, -0.05) is 24.3 Å². The number of para-hydroxylation sites is 1. The van der Waals surface area contributed by atoms with Crippen LogP contribution in [0, 0.1) is 10.1 Å². The summed E-state index contributed by atoms with van der Waals surface area (Å²) in [6, 6.07) is 17.7. The number of benzene rings is 2. The highest BCUT2D eigenvalue weighted by molar-refractivity contribution is 5.85. The van der Waals surface area contributed by atoms with E-state index in [9.17, 15) is 10.1 Å². The SMILES string of the molecule is O=[N+]([O-])c1ccc(N/N=C\c2ccc3ccccc3n2)cc1. The van der Waals surface area contributed by atoms with E-state index in [1.165, 1.54) is 12.1 Å². The van der Waals surface area contributed by atoms with Crippen molar-refractivity contribution >= 4 is 28.5 Å². The Bertz CT molecular complexity index is 844. The minimum Gasteiger partial charge on any atom is -0.278 e. The van der Waals surface area contributed by atoms with E-state index in [1.54, 1.807) is 18.3 Å². The van der Waals surface area contributed by atoms with Crippen molar-refractivity contribution in [1.29, 1.82) is 0 Å². The van der Waals surface area contributed by atoms with Crippen LogP contribution in [0.2, 0.25) is 0 Å². The van der Waals surface area contributed by atoms with E-state index in [-0.39, 0.29) is 5.69 Å². The Morgan fingerprint density at radius 3 is 2.59 bits per heavy atom. The van der Waals surface area contributed by atoms with Crippen molar-refractivity contribution in [3.63, 3.8) is 0 Å². The molecule has 0 aliphatic heterocycles. The van der Waals surface area contributed by atoms with Crippen molar-refractivity contribution in [2.24, 2.45) is 5.10 Å². The third-order valence-corrected chi connectivity index (χ3v) is 3.09. The zero-order chi connectivity index (χ0) is 15.4. The number of nitrogens with one attached hydrogen (secondary N) is 1. The number of non-ortho nitro benzene ring substituents is 1. The molecular weight excluding hydrogens is 280 g/mol. The first kappa shape index (κ1) is 13.7. The summed E-state index contributed by atoms with van der Waals surface area (Å²) in [4.78, 5) is 14.6. The molecular formula is C16H12N4O2. The molecule has 0 bridgehead atoms. The highest BCUT2D eigenvalue weighted by Crippen LogP contribution is 2.15. The molecule has 2 aromatic carbocycles. The van der Waals surface area contributed by atoms with Crippen LogP contribution in [-0.2, 0) is 0 Å². The lowest BCUT2D eigenvalue weighted by atomic mass is 10.2. The molecule has 0 fully saturated rings. The summed E-state index contributed by atoms with van der Waals surface area (Å²) >= 11 is 0. The molecule has 0 atom stereocenters. The van der Waals surface area contributed by atoms with Crippen molar-refractivity contribution in [2.75, 3.05) is 5.43 Å². The lowest BCUT2D eigenvalue weighted by molar-refractivity contribution is -0.384. The molecule has 22 heavy (non-hydrogen) atoms. The van der Waals surface area contributed by atoms with Gasteiger partial charge < -0.3 is 0 Å². The van der Waals surface area contributed by atoms with Crippen LogP contribution >= 0.6 is 0 Å². The smallest absolute Gasteiger partial charge is 0.269 e. The number of rotatable bonds is 4. The first-order valence-corrected chi connectivity index (χ1v) is 6.62. The van der Waals surface area contributed by atoms with Gasteiger partial charge in [-0.15, -0.1) is 0 Å². The topological polar surface area (TPSA) is 80.4 Å². The second-order valence-electron chi connectivity index (χ2n) is 4.60. The summed E-state index contributed by atoms with van der Waals surface area (Å²) in [7, 11) is 0. The number of hydrogen-bond acceptors (Lipinski definition) is 5. The molecule has 1 heterocycles. The lowest BCUT2D eigenvalue weighted by Gasteiger charge is -2.00. The fraction of sp³-hybridized carbons (Fsp3) is 0. The first-order valence-electron chi connectivity index (χ1n) is 6.62. The van der Waals surface area contributed by atoms with E-state index >= 15 is 0 Å². The summed E-state index contributed by atoms with van der Waals surface area (Å²) in [5, 5.41) is 15.7. The number of hydrogen-bond donors (Lipinski definition) is 1. The van der Waals surface area contributed by atoms with Crippen molar-refractivity contribution in [1.82, 2.24) is 4.98 Å². The fourth-order valence-electron chi connectivity index (χ4n) is 1.98. The van der Waals surface area contributed by atoms with Gasteiger partial charge in [-0.3, -0.25) is 15.5 Å². The normalized spacial score (nSPS) is 10.9. The van der Waals surface area contributed by atoms with E-state index in [0.717, 1.165) is 16.6 Å². The van der Waals surface area contributed by atoms with Gasteiger partial charge in [0.2, 0.25) is 0 Å². The maximum atomic E-state index is 10.6. The molecule has 0 radical (unpaired) electrons. The maximum absolute atomic E-state index is 10.6. The molecule has 0 spiro atoms. The molecule has 0 amide bonds. The standard InChI is InChI=1S/C16H12N4O2/c21-20(22)15-9-7-13(8-10-15)19-17-11-14-6-5-12-3-1-2-4-16(12)18-14/h1-11,19H/b17-11-. The Labute approximate surface area is 126 Å². The van der Waals surface area contributed by atoms with Crippen LogP contribution in [0.3, 0.4) is 0 Å². The number of nitro benzene ring substituents is 1. The van der Waals surface area contributed by atoms with Gasteiger partial charge in [0.25, 0.3) is 5.69 Å². The molecule has 6 nitrogen and oxygen atoms in total. The molecule has 0 saturated carbocycles. The molecule has 1 N–H and O–H groups in total. The summed E-state index contributed by atoms with van der Waals surface area (Å²) in [6.45, 7) is 0. The number of nitro groups is 1. The van der Waals surface area contributed by atoms with E-state index in [4.69, 9.17) is 0 Å². The number of pyridine rings is 1. The Morgan fingerprint density at radius 2 is 1.82 bits per heavy atom. The number of fused-ring (bicyclic) bond motifs is 1. The van der Waals surface area contributed by atoms with Crippen LogP contribution in [0.1, 0.15) is 5.69 Å². The van der Waals surface area contributed by atoms with Gasteiger partial charge in [0, 0.05) is 17.5 Å². The Hall–Kier alpha value is -3.28. The minimum absolute atomic E-state index is 0.0470. The van der Waals surface area contributed by atoms with Crippen LogP contribution in [0.5, 0.6) is 0 Å². The van der Waals surface area contributed by atoms with Crippen LogP contribution < -0.4 is 5.43 Å². The highest BCUT2D eigenvalue weighted by Gasteiger charge is 2.02. The van der Waals surface area contributed by atoms with Gasteiger partial charge in [-0.05, 0) is 24.3 Å². The van der Waals surface area contributed by atoms with Gasteiger partial charge in [-0.2, -0.15) is 5.10 Å². The van der Waals surface area contributed by atoms with E-state index in [0.29, 0.717) is 5.69 Å². The summed E-state index contributed by atoms with van der Waals surface area (Å²) in [6.07, 6.45) is 1.61. The Balaban J connectivity index is 1.71. The number of anilines is 1. The molecule has 0 aliphatic carbocycles. The zero-order valence-electron chi connectivity index (χ0n) is 11.5. The monoisotopic (exact) mass is 292 g/mol. The average molecular weight is 292 g/mol. The zero-order valence-corrected chi connectivity index (χ0v) is 11.5. The molecule has 1 aromatic heterocycles. The molecule has 0 aliphatic rings. The van der Waals surface area contributed by atoms with Crippen molar-refractivity contribution in [3.8, 4) is 0 Å². The number of hydrazone groups is 1. The van der Waals surface area contributed by atoms with Gasteiger partial charge in [0.15, 0.2) is 0 Å². The summed E-state index contributed by atoms with van der Waals surface area (Å²) in [5.74, 6) is 0. The molecule has 3 rings (SSSR count). The van der Waals surface area contributed by atoms with Crippen LogP contribution in [0.25, 0.3) is 10.9 Å². The largest absolute Gasteiger partial charge is 0.278 e. The van der Waals surface area contributed by atoms with Crippen molar-refractivity contribution in [3.05, 3.63) is 76.5 Å². The predicted octanol–water partition coefficient (Wildman–Crippen LogP) is 3.59. The third-order valence-electron chi connectivity index (χ3n) is 3.09. The average Bonchev–Trinajstić information content (AvgIpc) is 2.55. The van der Waals surface area contributed by atoms with Crippen LogP contribution in [-0.4, -0.2) is 16.1 Å². The van der Waals surface area contributed by atoms with Crippen molar-refractivity contribution < 1.29 is 4.92 Å². The molecule has 6 heteroatoms. The number of nitrogens with zero attached hydrogens (tertiary/aromatic N) is 3. The Morgan fingerprint density at radius 1 is 1.05 bits per heavy atom. The van der Waals surface area contributed by atoms with Gasteiger partial charge >= 0.3 is 0 Å². The fourth-order valence-corrected chi connectivity index (χ4v) is 1.98. The highest BCUT2D eigenvalue weighted by atomic mass is 16.6. The van der Waals surface area contributed by atoms with Crippen LogP contribution in [0.4, 0.5) is 11.4 Å². The molecule has 3 aromatic rings. The van der Waals surface area contributed by atoms with Gasteiger partial charge in [0.05, 0.1) is 28.0 Å². The van der Waals surface area contributed by atoms with Gasteiger partial charge in [0.1, 0.15) is 0 Å². The molecule has 0 unspecified atom stereocenters. The third kappa shape index (κ3) is 3.06. The number of aromatic nitrogens is 1. The van der Waals surface area contributed by atoms with E-state index < -0.39 is 4.92 Å². The first-order chi connectivity index (χ1) is 10.7. The predicted molar refractivity (Wildman–Crippen MR) is 86.1 cm³/mol. The van der Waals surface area contributed by atoms with Gasteiger partial charge in [-0.25, -0.2) is 4.98 Å². The summed E-state index contributed by atoms with van der Waals surface area (Å²) in [5.41, 5.74) is 5.16. The quantitative estimate of drug-likeness (QED) is 0.452.